The number of amides is 4. The van der Waals surface area contributed by atoms with Crippen molar-refractivity contribution in [2.75, 3.05) is 98.9 Å². The topological polar surface area (TPSA) is 226 Å². The number of Topliss-reactive ketones (excluding diaryl/α,β-unsaturated/α-hetero) is 1. The maximum Gasteiger partial charge on any atom is 0.326 e. The molecule has 17 heteroatoms. The third-order valence-electron chi connectivity index (χ3n) is 7.75. The van der Waals surface area contributed by atoms with Crippen LogP contribution in [0.4, 0.5) is 0 Å². The lowest BCUT2D eigenvalue weighted by Gasteiger charge is -2.14. The third kappa shape index (κ3) is 35.8. The molecule has 0 aromatic rings. The molecule has 5 N–H and O–H groups in total. The molecule has 4 amide bonds. The maximum atomic E-state index is 12.2. The van der Waals surface area contributed by atoms with Gasteiger partial charge in [-0.2, -0.15) is 0 Å². The van der Waals surface area contributed by atoms with Gasteiger partial charge in [0.1, 0.15) is 25.9 Å². The highest BCUT2D eigenvalue weighted by atomic mass is 16.5. The molecule has 314 valence electrons. The molecule has 0 heterocycles. The Morgan fingerprint density at radius 1 is 0.481 bits per heavy atom. The van der Waals surface area contributed by atoms with Gasteiger partial charge in [0.15, 0.2) is 5.78 Å². The van der Waals surface area contributed by atoms with Crippen molar-refractivity contribution in [3.63, 3.8) is 0 Å². The standard InChI is InChI=1S/C37H68N4O13/c1-3-5-6-7-8-9-10-11-12-13-34(44)41-32(37(47)48)14-15-33(43)38-16-19-49-23-26-53-29-36(46)40-18-21-51-24-27-54-30-35(45)39-17-20-50-22-25-52-28-31(42)4-2/h32H,3-30H2,1-2H3,(H,38,43)(H,39,45)(H,40,46)(H,41,44)(H,47,48)/t32-/m0/s1. The Balaban J connectivity index is 3.62. The molecule has 0 rings (SSSR count). The van der Waals surface area contributed by atoms with Gasteiger partial charge in [-0.25, -0.2) is 4.79 Å². The first-order valence-corrected chi connectivity index (χ1v) is 19.5. The van der Waals surface area contributed by atoms with Crippen LogP contribution in [0.2, 0.25) is 0 Å². The highest BCUT2D eigenvalue weighted by Crippen LogP contribution is 2.10. The van der Waals surface area contributed by atoms with Crippen molar-refractivity contribution < 1.29 is 62.3 Å². The van der Waals surface area contributed by atoms with E-state index in [2.05, 4.69) is 28.2 Å². The van der Waals surface area contributed by atoms with Crippen molar-refractivity contribution in [2.24, 2.45) is 0 Å². The normalized spacial score (nSPS) is 11.5. The summed E-state index contributed by atoms with van der Waals surface area (Å²) in [7, 11) is 0. The molecule has 0 bridgehead atoms. The largest absolute Gasteiger partial charge is 0.480 e. The van der Waals surface area contributed by atoms with Crippen LogP contribution < -0.4 is 21.3 Å². The lowest BCUT2D eigenvalue weighted by Crippen LogP contribution is -2.41. The number of aliphatic carboxylic acids is 1. The summed E-state index contributed by atoms with van der Waals surface area (Å²) in [4.78, 5) is 70.6. The summed E-state index contributed by atoms with van der Waals surface area (Å²) in [5.74, 6) is -2.39. The smallest absolute Gasteiger partial charge is 0.326 e. The van der Waals surface area contributed by atoms with E-state index in [0.717, 1.165) is 19.3 Å². The highest BCUT2D eigenvalue weighted by Gasteiger charge is 2.20. The van der Waals surface area contributed by atoms with Crippen LogP contribution in [0.1, 0.15) is 97.3 Å². The molecule has 17 nitrogen and oxygen atoms in total. The fourth-order valence-corrected chi connectivity index (χ4v) is 4.65. The van der Waals surface area contributed by atoms with Crippen molar-refractivity contribution in [3.8, 4) is 0 Å². The van der Waals surface area contributed by atoms with E-state index in [1.165, 1.54) is 32.1 Å². The summed E-state index contributed by atoms with van der Waals surface area (Å²) in [6.07, 6.45) is 10.8. The van der Waals surface area contributed by atoms with Crippen LogP contribution in [0.5, 0.6) is 0 Å². The number of rotatable bonds is 40. The second-order valence-electron chi connectivity index (χ2n) is 12.5. The van der Waals surface area contributed by atoms with Crippen LogP contribution in [0, 0.1) is 0 Å². The van der Waals surface area contributed by atoms with Gasteiger partial charge in [0, 0.05) is 38.9 Å². The van der Waals surface area contributed by atoms with Gasteiger partial charge in [-0.1, -0.05) is 65.2 Å². The minimum atomic E-state index is -1.17. The van der Waals surface area contributed by atoms with Crippen LogP contribution in [0.3, 0.4) is 0 Å². The van der Waals surface area contributed by atoms with Crippen molar-refractivity contribution in [1.82, 2.24) is 21.3 Å². The second-order valence-corrected chi connectivity index (χ2v) is 12.5. The molecule has 0 unspecified atom stereocenters. The van der Waals surface area contributed by atoms with E-state index in [9.17, 15) is 33.9 Å². The lowest BCUT2D eigenvalue weighted by atomic mass is 10.1. The maximum absolute atomic E-state index is 12.2. The molecule has 54 heavy (non-hydrogen) atoms. The number of carbonyl (C=O) groups is 6. The zero-order valence-corrected chi connectivity index (χ0v) is 32.7. The molecule has 0 radical (unpaired) electrons. The van der Waals surface area contributed by atoms with Crippen molar-refractivity contribution >= 4 is 35.4 Å². The molecular weight excluding hydrogens is 708 g/mol. The minimum Gasteiger partial charge on any atom is -0.480 e. The zero-order valence-electron chi connectivity index (χ0n) is 32.7. The van der Waals surface area contributed by atoms with Crippen molar-refractivity contribution in [1.29, 1.82) is 0 Å². The highest BCUT2D eigenvalue weighted by molar-refractivity contribution is 5.84. The number of carboxylic acid groups (broad SMARTS) is 1. The van der Waals surface area contributed by atoms with E-state index < -0.39 is 12.0 Å². The first kappa shape index (κ1) is 50.8. The van der Waals surface area contributed by atoms with Crippen LogP contribution in [0.25, 0.3) is 0 Å². The van der Waals surface area contributed by atoms with Gasteiger partial charge < -0.3 is 54.8 Å². The van der Waals surface area contributed by atoms with Crippen LogP contribution in [-0.4, -0.2) is 145 Å². The molecule has 0 aliphatic carbocycles. The van der Waals surface area contributed by atoms with Gasteiger partial charge in [0.05, 0.1) is 59.5 Å². The van der Waals surface area contributed by atoms with E-state index in [1.807, 2.05) is 0 Å². The van der Waals surface area contributed by atoms with Crippen molar-refractivity contribution in [3.05, 3.63) is 0 Å². The SMILES string of the molecule is CCCCCCCCCCCC(=O)N[C@@H](CCC(=O)NCCOCCOCC(=O)NCCOCCOCC(=O)NCCOCCOCC(=O)CC)C(=O)O. The summed E-state index contributed by atoms with van der Waals surface area (Å²) >= 11 is 0. The Hall–Kier alpha value is -3.22. The molecule has 0 aromatic carbocycles. The Labute approximate surface area is 321 Å². The Bertz CT molecular complexity index is 1000. The quantitative estimate of drug-likeness (QED) is 0.0560. The van der Waals surface area contributed by atoms with E-state index in [0.29, 0.717) is 39.2 Å². The molecule has 0 saturated heterocycles. The van der Waals surface area contributed by atoms with Gasteiger partial charge in [-0.05, 0) is 12.8 Å². The lowest BCUT2D eigenvalue weighted by molar-refractivity contribution is -0.142. The summed E-state index contributed by atoms with van der Waals surface area (Å²) in [5.41, 5.74) is 0. The number of carbonyl (C=O) groups excluding carboxylic acids is 5. The predicted octanol–water partition coefficient (Wildman–Crippen LogP) is 1.68. The third-order valence-corrected chi connectivity index (χ3v) is 7.75. The molecule has 1 atom stereocenters. The summed E-state index contributed by atoms with van der Waals surface area (Å²) in [6, 6.07) is -1.12. The fourth-order valence-electron chi connectivity index (χ4n) is 4.65. The summed E-state index contributed by atoms with van der Waals surface area (Å²) in [5, 5.41) is 19.9. The molecule has 0 aliphatic rings. The number of nitrogens with one attached hydrogen (secondary N) is 4. The van der Waals surface area contributed by atoms with E-state index >= 15 is 0 Å². The van der Waals surface area contributed by atoms with Gasteiger partial charge in [-0.15, -0.1) is 0 Å². The monoisotopic (exact) mass is 776 g/mol. The minimum absolute atomic E-state index is 0.0101. The van der Waals surface area contributed by atoms with Gasteiger partial charge in [-0.3, -0.25) is 24.0 Å². The zero-order chi connectivity index (χ0) is 39.9. The second kappa shape index (κ2) is 38.1. The summed E-state index contributed by atoms with van der Waals surface area (Å²) in [6.45, 7) is 6.88. The molecular formula is C37H68N4O13. The van der Waals surface area contributed by atoms with Gasteiger partial charge >= 0.3 is 5.97 Å². The van der Waals surface area contributed by atoms with Crippen LogP contribution in [-0.2, 0) is 57.2 Å². The van der Waals surface area contributed by atoms with Crippen LogP contribution in [0.15, 0.2) is 0 Å². The van der Waals surface area contributed by atoms with E-state index in [1.54, 1.807) is 6.92 Å². The molecule has 0 spiro atoms. The first-order chi connectivity index (χ1) is 26.2. The average molecular weight is 777 g/mol. The average Bonchev–Trinajstić information content (AvgIpc) is 3.15. The number of unbranched alkanes of at least 4 members (excludes halogenated alkanes) is 8. The Kier molecular flexibility index (Phi) is 35.8. The summed E-state index contributed by atoms with van der Waals surface area (Å²) < 4.78 is 31.7. The molecule has 0 aliphatic heterocycles. The number of ether oxygens (including phenoxy) is 6. The van der Waals surface area contributed by atoms with Crippen LogP contribution >= 0.6 is 0 Å². The predicted molar refractivity (Wildman–Crippen MR) is 200 cm³/mol. The van der Waals surface area contributed by atoms with Crippen molar-refractivity contribution in [2.45, 2.75) is 103 Å². The van der Waals surface area contributed by atoms with E-state index in [4.69, 9.17) is 28.4 Å². The number of hydrogen-bond donors (Lipinski definition) is 5. The number of carboxylic acids is 1. The van der Waals surface area contributed by atoms with Gasteiger partial charge in [0.2, 0.25) is 23.6 Å². The Morgan fingerprint density at radius 2 is 0.907 bits per heavy atom. The number of ketones is 1. The fraction of sp³-hybridized carbons (Fsp3) is 0.838. The first-order valence-electron chi connectivity index (χ1n) is 19.5. The molecule has 0 saturated carbocycles. The Morgan fingerprint density at radius 3 is 1.37 bits per heavy atom. The number of hydrogen-bond acceptors (Lipinski definition) is 12. The molecule has 0 fully saturated rings. The van der Waals surface area contributed by atoms with E-state index in [-0.39, 0.29) is 121 Å². The van der Waals surface area contributed by atoms with Gasteiger partial charge in [0.25, 0.3) is 0 Å². The molecule has 0 aromatic heterocycles.